The SMILES string of the molecule is CN1CCN(CCn2cc(-c3cnc4ccn5c(C(N)=O)c(-c6c(Cl)cccc6Cl)nc5c4c3)cn2)CC1. The lowest BCUT2D eigenvalue weighted by atomic mass is 10.1. The van der Waals surface area contributed by atoms with Gasteiger partial charge in [0.05, 0.1) is 28.3 Å². The van der Waals surface area contributed by atoms with E-state index in [1.165, 1.54) is 0 Å². The number of pyridine rings is 2. The van der Waals surface area contributed by atoms with Gasteiger partial charge in [-0.2, -0.15) is 5.10 Å². The molecule has 6 rings (SSSR count). The highest BCUT2D eigenvalue weighted by Gasteiger charge is 2.24. The molecule has 11 heteroatoms. The Morgan fingerprint density at radius 2 is 1.79 bits per heavy atom. The van der Waals surface area contributed by atoms with Crippen molar-refractivity contribution in [3.8, 4) is 22.4 Å². The molecule has 194 valence electrons. The first-order valence-corrected chi connectivity index (χ1v) is 13.1. The zero-order valence-electron chi connectivity index (χ0n) is 20.8. The van der Waals surface area contributed by atoms with Crippen LogP contribution in [0.4, 0.5) is 0 Å². The van der Waals surface area contributed by atoms with E-state index in [2.05, 4.69) is 26.9 Å². The Kier molecular flexibility index (Phi) is 6.53. The largest absolute Gasteiger partial charge is 0.364 e. The molecule has 2 N–H and O–H groups in total. The second-order valence-corrected chi connectivity index (χ2v) is 10.4. The van der Waals surface area contributed by atoms with E-state index < -0.39 is 5.91 Å². The summed E-state index contributed by atoms with van der Waals surface area (Å²) in [4.78, 5) is 26.8. The van der Waals surface area contributed by atoms with E-state index in [1.807, 2.05) is 35.4 Å². The number of piperazine rings is 1. The summed E-state index contributed by atoms with van der Waals surface area (Å²) in [6, 6.07) is 8.99. The molecule has 5 heterocycles. The molecule has 1 amide bonds. The van der Waals surface area contributed by atoms with Crippen molar-refractivity contribution in [3.05, 3.63) is 70.9 Å². The highest BCUT2D eigenvalue weighted by atomic mass is 35.5. The predicted molar refractivity (Wildman–Crippen MR) is 150 cm³/mol. The van der Waals surface area contributed by atoms with E-state index in [4.69, 9.17) is 33.9 Å². The Labute approximate surface area is 229 Å². The third kappa shape index (κ3) is 4.52. The van der Waals surface area contributed by atoms with Crippen LogP contribution in [0.5, 0.6) is 0 Å². The van der Waals surface area contributed by atoms with Crippen molar-refractivity contribution in [1.29, 1.82) is 0 Å². The van der Waals surface area contributed by atoms with Gasteiger partial charge in [0.25, 0.3) is 5.91 Å². The van der Waals surface area contributed by atoms with Crippen LogP contribution in [-0.2, 0) is 6.54 Å². The van der Waals surface area contributed by atoms with Gasteiger partial charge in [-0.15, -0.1) is 0 Å². The second kappa shape index (κ2) is 9.99. The first-order valence-electron chi connectivity index (χ1n) is 12.4. The number of hydrogen-bond donors (Lipinski definition) is 1. The smallest absolute Gasteiger partial charge is 0.268 e. The molecule has 0 aliphatic carbocycles. The van der Waals surface area contributed by atoms with E-state index in [0.29, 0.717) is 26.9 Å². The van der Waals surface area contributed by atoms with Crippen LogP contribution in [0.1, 0.15) is 10.5 Å². The Morgan fingerprint density at radius 3 is 2.53 bits per heavy atom. The number of carbonyl (C=O) groups is 1. The lowest BCUT2D eigenvalue weighted by Crippen LogP contribution is -2.45. The average molecular weight is 549 g/mol. The van der Waals surface area contributed by atoms with Gasteiger partial charge in [0.1, 0.15) is 17.0 Å². The van der Waals surface area contributed by atoms with Gasteiger partial charge in [-0.1, -0.05) is 29.3 Å². The van der Waals surface area contributed by atoms with Gasteiger partial charge in [0.2, 0.25) is 0 Å². The minimum Gasteiger partial charge on any atom is -0.364 e. The van der Waals surface area contributed by atoms with Crippen LogP contribution in [0, 0.1) is 0 Å². The number of primary amides is 1. The van der Waals surface area contributed by atoms with Crippen LogP contribution < -0.4 is 5.73 Å². The number of hydrogen-bond acceptors (Lipinski definition) is 6. The number of amides is 1. The Bertz CT molecular complexity index is 1650. The maximum Gasteiger partial charge on any atom is 0.268 e. The maximum atomic E-state index is 12.6. The number of rotatable bonds is 6. The fourth-order valence-corrected chi connectivity index (χ4v) is 5.52. The third-order valence-corrected chi connectivity index (χ3v) is 7.72. The number of nitrogens with two attached hydrogens (primary N) is 1. The van der Waals surface area contributed by atoms with E-state index in [-0.39, 0.29) is 5.69 Å². The zero-order valence-corrected chi connectivity index (χ0v) is 22.3. The number of halogens is 2. The summed E-state index contributed by atoms with van der Waals surface area (Å²) < 4.78 is 3.64. The van der Waals surface area contributed by atoms with Crippen molar-refractivity contribution in [2.75, 3.05) is 39.8 Å². The summed E-state index contributed by atoms with van der Waals surface area (Å²) in [5.74, 6) is -0.631. The van der Waals surface area contributed by atoms with Crippen molar-refractivity contribution in [1.82, 2.24) is 33.9 Å². The van der Waals surface area contributed by atoms with Gasteiger partial charge < -0.3 is 10.6 Å². The fraction of sp³-hybridized carbons (Fsp3) is 0.259. The maximum absolute atomic E-state index is 12.6. The molecule has 1 aliphatic heterocycles. The van der Waals surface area contributed by atoms with Gasteiger partial charge in [0.15, 0.2) is 0 Å². The minimum absolute atomic E-state index is 0.207. The molecule has 1 aliphatic rings. The summed E-state index contributed by atoms with van der Waals surface area (Å²) in [5.41, 5.74) is 9.94. The fourth-order valence-electron chi connectivity index (χ4n) is 4.94. The summed E-state index contributed by atoms with van der Waals surface area (Å²) in [6.45, 7) is 6.12. The Morgan fingerprint density at radius 1 is 1.03 bits per heavy atom. The molecule has 9 nitrogen and oxygen atoms in total. The number of fused-ring (bicyclic) bond motifs is 3. The first kappa shape index (κ1) is 24.8. The summed E-state index contributed by atoms with van der Waals surface area (Å²) in [6.07, 6.45) is 7.45. The molecule has 38 heavy (non-hydrogen) atoms. The molecule has 0 spiro atoms. The Hall–Kier alpha value is -3.50. The third-order valence-electron chi connectivity index (χ3n) is 7.09. The quantitative estimate of drug-likeness (QED) is 0.343. The molecule has 1 saturated heterocycles. The highest BCUT2D eigenvalue weighted by molar-refractivity contribution is 6.39. The van der Waals surface area contributed by atoms with E-state index in [0.717, 1.165) is 61.3 Å². The van der Waals surface area contributed by atoms with Gasteiger partial charge in [-0.25, -0.2) is 4.98 Å². The number of imidazole rings is 1. The molecular weight excluding hydrogens is 523 g/mol. The molecule has 5 aromatic rings. The van der Waals surface area contributed by atoms with E-state index in [1.54, 1.807) is 28.8 Å². The highest BCUT2D eigenvalue weighted by Crippen LogP contribution is 2.37. The summed E-state index contributed by atoms with van der Waals surface area (Å²) >= 11 is 12.9. The number of likely N-dealkylation sites (N-methyl/N-ethyl adjacent to an activating group) is 1. The molecule has 4 aromatic heterocycles. The van der Waals surface area contributed by atoms with Crippen LogP contribution in [0.15, 0.2) is 55.1 Å². The number of nitrogens with zero attached hydrogens (tertiary/aromatic N) is 7. The average Bonchev–Trinajstić information content (AvgIpc) is 3.53. The number of aromatic nitrogens is 5. The van der Waals surface area contributed by atoms with Crippen LogP contribution in [0.25, 0.3) is 38.9 Å². The first-order chi connectivity index (χ1) is 18.4. The topological polar surface area (TPSA) is 97.6 Å². The van der Waals surface area contributed by atoms with E-state index >= 15 is 0 Å². The van der Waals surface area contributed by atoms with E-state index in [9.17, 15) is 4.79 Å². The molecule has 0 unspecified atom stereocenters. The molecule has 1 fully saturated rings. The molecule has 0 saturated carbocycles. The van der Waals surface area contributed by atoms with Gasteiger partial charge in [-0.05, 0) is 31.3 Å². The summed E-state index contributed by atoms with van der Waals surface area (Å²) in [5, 5.41) is 6.12. The van der Waals surface area contributed by atoms with Gasteiger partial charge in [-0.3, -0.25) is 23.8 Å². The van der Waals surface area contributed by atoms with Crippen molar-refractivity contribution < 1.29 is 4.79 Å². The normalized spacial score (nSPS) is 15.0. The van der Waals surface area contributed by atoms with Crippen LogP contribution in [0.3, 0.4) is 0 Å². The van der Waals surface area contributed by atoms with Crippen molar-refractivity contribution in [2.24, 2.45) is 5.73 Å². The molecule has 1 aromatic carbocycles. The van der Waals surface area contributed by atoms with Crippen molar-refractivity contribution in [2.45, 2.75) is 6.54 Å². The number of benzene rings is 1. The standard InChI is InChI=1S/C27H26Cl2N8O/c1-34-7-9-35(10-8-34)11-12-36-16-18(15-32-36)17-13-19-22(31-14-17)5-6-37-25(26(30)38)24(33-27(19)37)23-20(28)3-2-4-21(23)29/h2-6,13-16H,7-12H2,1H3,(H2,30,38). The molecule has 0 radical (unpaired) electrons. The molecular formula is C27H26Cl2N8O. The second-order valence-electron chi connectivity index (χ2n) is 9.57. The zero-order chi connectivity index (χ0) is 26.4. The molecule has 0 bridgehead atoms. The van der Waals surface area contributed by atoms with Crippen molar-refractivity contribution >= 4 is 45.7 Å². The van der Waals surface area contributed by atoms with Gasteiger partial charge in [0, 0.05) is 73.4 Å². The Balaban J connectivity index is 1.38. The number of carbonyl (C=O) groups excluding carboxylic acids is 1. The van der Waals surface area contributed by atoms with Crippen LogP contribution >= 0.6 is 23.2 Å². The van der Waals surface area contributed by atoms with Crippen LogP contribution in [-0.4, -0.2) is 79.6 Å². The monoisotopic (exact) mass is 548 g/mol. The van der Waals surface area contributed by atoms with Crippen molar-refractivity contribution in [3.63, 3.8) is 0 Å². The lowest BCUT2D eigenvalue weighted by Gasteiger charge is -2.32. The van der Waals surface area contributed by atoms with Crippen LogP contribution in [0.2, 0.25) is 10.0 Å². The predicted octanol–water partition coefficient (Wildman–Crippen LogP) is 4.07. The van der Waals surface area contributed by atoms with Gasteiger partial charge >= 0.3 is 0 Å². The molecule has 0 atom stereocenters. The lowest BCUT2D eigenvalue weighted by molar-refractivity contribution is 0.0995. The minimum atomic E-state index is -0.631. The summed E-state index contributed by atoms with van der Waals surface area (Å²) in [7, 11) is 2.16.